The number of phenolic OH excluding ortho intramolecular Hbond substituents is 1. The minimum Gasteiger partial charge on any atom is -0.508 e. The highest BCUT2D eigenvalue weighted by Crippen LogP contribution is 2.24. The first kappa shape index (κ1) is 14.1. The van der Waals surface area contributed by atoms with Gasteiger partial charge in [-0.2, -0.15) is 0 Å². The van der Waals surface area contributed by atoms with E-state index in [1.54, 1.807) is 12.1 Å². The van der Waals surface area contributed by atoms with Gasteiger partial charge in [-0.05, 0) is 48.9 Å². The van der Waals surface area contributed by atoms with E-state index in [-0.39, 0.29) is 0 Å². The molecule has 0 saturated heterocycles. The maximum absolute atomic E-state index is 9.33. The molecule has 0 amide bonds. The Morgan fingerprint density at radius 3 is 2.53 bits per heavy atom. The summed E-state index contributed by atoms with van der Waals surface area (Å²) in [6, 6.07) is 15.9. The van der Waals surface area contributed by atoms with Crippen LogP contribution in [0.1, 0.15) is 17.0 Å². The molecule has 2 N–H and O–H groups in total. The van der Waals surface area contributed by atoms with E-state index in [1.807, 2.05) is 25.2 Å². The third kappa shape index (κ3) is 4.08. The molecular weight excluding hydrogens is 302 g/mol. The lowest BCUT2D eigenvalue weighted by Gasteiger charge is -2.17. The standard InChI is InChI=1S/C16H18BrNO/c1-18-11-14(13-3-2-4-15(17)10-13)9-12-5-7-16(19)8-6-12/h2-8,10,14,18-19H,9,11H2,1H3. The molecule has 0 aliphatic rings. The maximum Gasteiger partial charge on any atom is 0.115 e. The predicted octanol–water partition coefficient (Wildman–Crippen LogP) is 3.70. The van der Waals surface area contributed by atoms with Crippen LogP contribution in [0.4, 0.5) is 0 Å². The van der Waals surface area contributed by atoms with Crippen LogP contribution >= 0.6 is 15.9 Å². The summed E-state index contributed by atoms with van der Waals surface area (Å²) < 4.78 is 1.11. The minimum atomic E-state index is 0.316. The Kier molecular flexibility index (Phi) is 5.00. The molecule has 0 radical (unpaired) electrons. The highest BCUT2D eigenvalue weighted by atomic mass is 79.9. The van der Waals surface area contributed by atoms with Crippen molar-refractivity contribution in [3.05, 3.63) is 64.1 Å². The first-order valence-electron chi connectivity index (χ1n) is 6.37. The van der Waals surface area contributed by atoms with Crippen molar-refractivity contribution in [2.24, 2.45) is 0 Å². The maximum atomic E-state index is 9.33. The molecule has 0 aromatic heterocycles. The summed E-state index contributed by atoms with van der Waals surface area (Å²) in [5, 5.41) is 12.6. The molecular formula is C16H18BrNO. The van der Waals surface area contributed by atoms with Crippen molar-refractivity contribution in [2.45, 2.75) is 12.3 Å². The van der Waals surface area contributed by atoms with Crippen molar-refractivity contribution >= 4 is 15.9 Å². The van der Waals surface area contributed by atoms with Crippen LogP contribution in [0.5, 0.6) is 5.75 Å². The van der Waals surface area contributed by atoms with E-state index in [2.05, 4.69) is 39.4 Å². The fourth-order valence-electron chi connectivity index (χ4n) is 2.23. The molecule has 0 aliphatic carbocycles. The lowest BCUT2D eigenvalue weighted by atomic mass is 9.92. The summed E-state index contributed by atoms with van der Waals surface area (Å²) in [6.45, 7) is 0.928. The fourth-order valence-corrected chi connectivity index (χ4v) is 2.65. The highest BCUT2D eigenvalue weighted by Gasteiger charge is 2.12. The SMILES string of the molecule is CNCC(Cc1ccc(O)cc1)c1cccc(Br)c1. The van der Waals surface area contributed by atoms with Crippen molar-refractivity contribution in [2.75, 3.05) is 13.6 Å². The van der Waals surface area contributed by atoms with Crippen LogP contribution in [0.2, 0.25) is 0 Å². The third-order valence-corrected chi connectivity index (χ3v) is 3.68. The second-order valence-corrected chi connectivity index (χ2v) is 5.60. The molecule has 0 saturated carbocycles. The number of phenols is 1. The molecule has 1 unspecified atom stereocenters. The first-order chi connectivity index (χ1) is 9.19. The van der Waals surface area contributed by atoms with Gasteiger partial charge in [-0.1, -0.05) is 40.2 Å². The zero-order valence-corrected chi connectivity index (χ0v) is 12.5. The number of nitrogens with one attached hydrogen (secondary N) is 1. The Morgan fingerprint density at radius 2 is 1.89 bits per heavy atom. The molecule has 2 aromatic rings. The van der Waals surface area contributed by atoms with Crippen LogP contribution in [0, 0.1) is 0 Å². The number of benzene rings is 2. The van der Waals surface area contributed by atoms with E-state index >= 15 is 0 Å². The zero-order valence-electron chi connectivity index (χ0n) is 10.9. The van der Waals surface area contributed by atoms with Gasteiger partial charge in [0.05, 0.1) is 0 Å². The number of rotatable bonds is 5. The van der Waals surface area contributed by atoms with Crippen LogP contribution in [-0.4, -0.2) is 18.7 Å². The number of hydrogen-bond acceptors (Lipinski definition) is 2. The van der Waals surface area contributed by atoms with E-state index in [0.717, 1.165) is 17.4 Å². The van der Waals surface area contributed by atoms with E-state index in [0.29, 0.717) is 11.7 Å². The summed E-state index contributed by atoms with van der Waals surface area (Å²) in [5.74, 6) is 0.739. The van der Waals surface area contributed by atoms with Gasteiger partial charge in [-0.15, -0.1) is 0 Å². The second kappa shape index (κ2) is 6.73. The number of aromatic hydroxyl groups is 1. The van der Waals surface area contributed by atoms with Crippen LogP contribution < -0.4 is 5.32 Å². The van der Waals surface area contributed by atoms with Gasteiger partial charge in [-0.3, -0.25) is 0 Å². The molecule has 2 rings (SSSR count). The average molecular weight is 320 g/mol. The van der Waals surface area contributed by atoms with Crippen molar-refractivity contribution in [1.82, 2.24) is 5.32 Å². The largest absolute Gasteiger partial charge is 0.508 e. The Labute approximate surface area is 122 Å². The van der Waals surface area contributed by atoms with Gasteiger partial charge in [0.2, 0.25) is 0 Å². The molecule has 3 heteroatoms. The van der Waals surface area contributed by atoms with Crippen molar-refractivity contribution < 1.29 is 5.11 Å². The van der Waals surface area contributed by atoms with Crippen molar-refractivity contribution in [3.8, 4) is 5.75 Å². The molecule has 19 heavy (non-hydrogen) atoms. The normalized spacial score (nSPS) is 12.3. The summed E-state index contributed by atoms with van der Waals surface area (Å²) >= 11 is 3.52. The Balaban J connectivity index is 2.18. The second-order valence-electron chi connectivity index (χ2n) is 4.68. The summed E-state index contributed by atoms with van der Waals surface area (Å²) in [5.41, 5.74) is 2.55. The van der Waals surface area contributed by atoms with Gasteiger partial charge >= 0.3 is 0 Å². The van der Waals surface area contributed by atoms with Crippen molar-refractivity contribution in [1.29, 1.82) is 0 Å². The molecule has 0 heterocycles. The van der Waals surface area contributed by atoms with Gasteiger partial charge in [0, 0.05) is 16.9 Å². The number of likely N-dealkylation sites (N-methyl/N-ethyl adjacent to an activating group) is 1. The average Bonchev–Trinajstić information content (AvgIpc) is 2.41. The van der Waals surface area contributed by atoms with E-state index in [4.69, 9.17) is 0 Å². The summed E-state index contributed by atoms with van der Waals surface area (Å²) in [7, 11) is 1.97. The minimum absolute atomic E-state index is 0.316. The molecule has 0 bridgehead atoms. The van der Waals surface area contributed by atoms with Gasteiger partial charge < -0.3 is 10.4 Å². The van der Waals surface area contributed by atoms with Crippen LogP contribution in [0.15, 0.2) is 53.0 Å². The molecule has 2 aromatic carbocycles. The Bertz CT molecular complexity index is 525. The summed E-state index contributed by atoms with van der Waals surface area (Å²) in [6.07, 6.45) is 0.956. The van der Waals surface area contributed by atoms with Crippen LogP contribution in [-0.2, 0) is 6.42 Å². The van der Waals surface area contributed by atoms with Crippen molar-refractivity contribution in [3.63, 3.8) is 0 Å². The van der Waals surface area contributed by atoms with Gasteiger partial charge in [0.15, 0.2) is 0 Å². The molecule has 0 aliphatic heterocycles. The summed E-state index contributed by atoms with van der Waals surface area (Å²) in [4.78, 5) is 0. The molecule has 0 spiro atoms. The number of hydrogen-bond donors (Lipinski definition) is 2. The predicted molar refractivity (Wildman–Crippen MR) is 82.6 cm³/mol. The van der Waals surface area contributed by atoms with Gasteiger partial charge in [0.1, 0.15) is 5.75 Å². The van der Waals surface area contributed by atoms with Crippen LogP contribution in [0.3, 0.4) is 0 Å². The van der Waals surface area contributed by atoms with E-state index in [1.165, 1.54) is 11.1 Å². The lowest BCUT2D eigenvalue weighted by Crippen LogP contribution is -2.19. The smallest absolute Gasteiger partial charge is 0.115 e. The topological polar surface area (TPSA) is 32.3 Å². The number of halogens is 1. The molecule has 1 atom stereocenters. The monoisotopic (exact) mass is 319 g/mol. The fraction of sp³-hybridized carbons (Fsp3) is 0.250. The Morgan fingerprint density at radius 1 is 1.16 bits per heavy atom. The Hall–Kier alpha value is -1.32. The quantitative estimate of drug-likeness (QED) is 0.880. The van der Waals surface area contributed by atoms with E-state index in [9.17, 15) is 5.11 Å². The molecule has 100 valence electrons. The molecule has 2 nitrogen and oxygen atoms in total. The third-order valence-electron chi connectivity index (χ3n) is 3.19. The lowest BCUT2D eigenvalue weighted by molar-refractivity contribution is 0.475. The first-order valence-corrected chi connectivity index (χ1v) is 7.16. The molecule has 0 fully saturated rings. The van der Waals surface area contributed by atoms with Gasteiger partial charge in [0.25, 0.3) is 0 Å². The van der Waals surface area contributed by atoms with E-state index < -0.39 is 0 Å². The van der Waals surface area contributed by atoms with Gasteiger partial charge in [-0.25, -0.2) is 0 Å². The zero-order chi connectivity index (χ0) is 13.7. The highest BCUT2D eigenvalue weighted by molar-refractivity contribution is 9.10. The van der Waals surface area contributed by atoms with Crippen LogP contribution in [0.25, 0.3) is 0 Å².